The maximum Gasteiger partial charge on any atom is 0.252 e. The molecular formula is C19H18ClN5O3. The molecular weight excluding hydrogens is 382 g/mol. The Labute approximate surface area is 166 Å². The zero-order chi connectivity index (χ0) is 19.9. The van der Waals surface area contributed by atoms with Crippen LogP contribution >= 0.6 is 11.6 Å². The van der Waals surface area contributed by atoms with Gasteiger partial charge in [-0.05, 0) is 23.8 Å². The largest absolute Gasteiger partial charge is 0.495 e. The molecule has 0 fully saturated rings. The number of hydrazone groups is 1. The molecule has 28 heavy (non-hydrogen) atoms. The monoisotopic (exact) mass is 399 g/mol. The number of amides is 2. The number of guanidine groups is 1. The summed E-state index contributed by atoms with van der Waals surface area (Å²) in [6, 6.07) is 13.5. The summed E-state index contributed by atoms with van der Waals surface area (Å²) in [7, 11) is 1.49. The second kappa shape index (κ2) is 9.01. The molecule has 1 aliphatic heterocycles. The minimum Gasteiger partial charge on any atom is -0.495 e. The molecule has 3 rings (SSSR count). The van der Waals surface area contributed by atoms with Gasteiger partial charge in [-0.15, -0.1) is 0 Å². The van der Waals surface area contributed by atoms with Crippen LogP contribution in [0.5, 0.6) is 5.75 Å². The molecule has 1 aliphatic rings. The number of nitrogens with one attached hydrogen (secondary N) is 3. The number of anilines is 1. The van der Waals surface area contributed by atoms with Crippen molar-refractivity contribution < 1.29 is 14.3 Å². The summed E-state index contributed by atoms with van der Waals surface area (Å²) < 4.78 is 5.18. The van der Waals surface area contributed by atoms with Crippen molar-refractivity contribution in [3.05, 3.63) is 59.1 Å². The third-order valence-electron chi connectivity index (χ3n) is 3.83. The van der Waals surface area contributed by atoms with Crippen LogP contribution in [0.3, 0.4) is 0 Å². The molecule has 0 saturated carbocycles. The van der Waals surface area contributed by atoms with Gasteiger partial charge in [0.1, 0.15) is 11.8 Å². The highest BCUT2D eigenvalue weighted by atomic mass is 35.5. The SMILES string of the molecule is COc1ccc(Cl)cc1NC(=O)CC1N=C(NN=Cc2ccccc2)NC1=O. The number of carbonyl (C=O) groups is 2. The first-order chi connectivity index (χ1) is 13.5. The summed E-state index contributed by atoms with van der Waals surface area (Å²) in [4.78, 5) is 28.5. The Balaban J connectivity index is 1.58. The lowest BCUT2D eigenvalue weighted by molar-refractivity contribution is -0.123. The van der Waals surface area contributed by atoms with Crippen LogP contribution in [0.2, 0.25) is 5.02 Å². The van der Waals surface area contributed by atoms with Crippen LogP contribution in [0.25, 0.3) is 0 Å². The number of methoxy groups -OCH3 is 1. The maximum absolute atomic E-state index is 12.3. The zero-order valence-electron chi connectivity index (χ0n) is 15.0. The van der Waals surface area contributed by atoms with E-state index in [9.17, 15) is 9.59 Å². The Morgan fingerprint density at radius 3 is 2.86 bits per heavy atom. The van der Waals surface area contributed by atoms with Crippen molar-refractivity contribution in [1.29, 1.82) is 0 Å². The van der Waals surface area contributed by atoms with Crippen molar-refractivity contribution in [2.75, 3.05) is 12.4 Å². The highest BCUT2D eigenvalue weighted by molar-refractivity contribution is 6.31. The minimum atomic E-state index is -0.848. The fourth-order valence-electron chi connectivity index (χ4n) is 2.50. The van der Waals surface area contributed by atoms with Gasteiger partial charge >= 0.3 is 0 Å². The second-order valence-corrected chi connectivity index (χ2v) is 6.30. The van der Waals surface area contributed by atoms with Crippen LogP contribution in [-0.4, -0.2) is 37.1 Å². The van der Waals surface area contributed by atoms with Crippen molar-refractivity contribution in [3.63, 3.8) is 0 Å². The molecule has 0 bridgehead atoms. The number of hydrogen-bond acceptors (Lipinski definition) is 6. The number of rotatable bonds is 6. The molecule has 0 aliphatic carbocycles. The quantitative estimate of drug-likeness (QED) is 0.511. The fourth-order valence-corrected chi connectivity index (χ4v) is 2.68. The predicted molar refractivity (Wildman–Crippen MR) is 108 cm³/mol. The van der Waals surface area contributed by atoms with Crippen molar-refractivity contribution >= 4 is 41.3 Å². The van der Waals surface area contributed by atoms with Gasteiger partial charge in [0.2, 0.25) is 11.9 Å². The number of ether oxygens (including phenoxy) is 1. The average Bonchev–Trinajstić information content (AvgIpc) is 3.02. The molecule has 1 heterocycles. The van der Waals surface area contributed by atoms with Crippen LogP contribution in [0.15, 0.2) is 58.6 Å². The summed E-state index contributed by atoms with van der Waals surface area (Å²) in [6.45, 7) is 0. The van der Waals surface area contributed by atoms with Crippen LogP contribution in [-0.2, 0) is 9.59 Å². The molecule has 8 nitrogen and oxygen atoms in total. The number of benzene rings is 2. The molecule has 0 aromatic heterocycles. The molecule has 1 unspecified atom stereocenters. The van der Waals surface area contributed by atoms with Gasteiger partial charge in [-0.1, -0.05) is 41.9 Å². The van der Waals surface area contributed by atoms with E-state index >= 15 is 0 Å². The summed E-state index contributed by atoms with van der Waals surface area (Å²) in [6.07, 6.45) is 1.47. The lowest BCUT2D eigenvalue weighted by Gasteiger charge is -2.11. The average molecular weight is 400 g/mol. The van der Waals surface area contributed by atoms with Gasteiger partial charge in [-0.25, -0.2) is 10.4 Å². The Bertz CT molecular complexity index is 930. The normalized spacial score (nSPS) is 15.9. The molecule has 0 spiro atoms. The molecule has 2 aromatic carbocycles. The van der Waals surface area contributed by atoms with E-state index in [4.69, 9.17) is 16.3 Å². The third-order valence-corrected chi connectivity index (χ3v) is 4.06. The lowest BCUT2D eigenvalue weighted by atomic mass is 10.2. The number of nitrogens with zero attached hydrogens (tertiary/aromatic N) is 2. The predicted octanol–water partition coefficient (Wildman–Crippen LogP) is 2.16. The van der Waals surface area contributed by atoms with E-state index in [-0.39, 0.29) is 18.3 Å². The minimum absolute atomic E-state index is 0.130. The summed E-state index contributed by atoms with van der Waals surface area (Å²) in [5, 5.41) is 9.71. The second-order valence-electron chi connectivity index (χ2n) is 5.86. The van der Waals surface area contributed by atoms with Gasteiger partial charge in [0.05, 0.1) is 25.4 Å². The van der Waals surface area contributed by atoms with Gasteiger partial charge < -0.3 is 10.1 Å². The first-order valence-corrected chi connectivity index (χ1v) is 8.79. The summed E-state index contributed by atoms with van der Waals surface area (Å²) >= 11 is 5.95. The molecule has 3 N–H and O–H groups in total. The smallest absolute Gasteiger partial charge is 0.252 e. The van der Waals surface area contributed by atoms with Crippen LogP contribution in [0, 0.1) is 0 Å². The van der Waals surface area contributed by atoms with E-state index in [2.05, 4.69) is 26.2 Å². The fraction of sp³-hybridized carbons (Fsp3) is 0.158. The van der Waals surface area contributed by atoms with E-state index in [1.165, 1.54) is 7.11 Å². The van der Waals surface area contributed by atoms with Crippen molar-refractivity contribution in [3.8, 4) is 5.75 Å². The lowest BCUT2D eigenvalue weighted by Crippen LogP contribution is -2.35. The first-order valence-electron chi connectivity index (χ1n) is 8.41. The molecule has 9 heteroatoms. The molecule has 2 amide bonds. The van der Waals surface area contributed by atoms with Gasteiger partial charge in [0.15, 0.2) is 0 Å². The standard InChI is InChI=1S/C19H18ClN5O3/c1-28-16-8-7-13(20)9-14(16)22-17(26)10-15-18(27)24-19(23-15)25-21-11-12-5-3-2-4-6-12/h2-9,11,15H,10H2,1H3,(H,22,26)(H2,23,24,25,27). The topological polar surface area (TPSA) is 104 Å². The van der Waals surface area contributed by atoms with E-state index < -0.39 is 11.9 Å². The van der Waals surface area contributed by atoms with E-state index in [0.29, 0.717) is 16.5 Å². The van der Waals surface area contributed by atoms with Crippen LogP contribution < -0.4 is 20.8 Å². The van der Waals surface area contributed by atoms with Crippen molar-refractivity contribution in [2.24, 2.45) is 10.1 Å². The van der Waals surface area contributed by atoms with E-state index in [0.717, 1.165) is 5.56 Å². The Morgan fingerprint density at radius 2 is 2.11 bits per heavy atom. The van der Waals surface area contributed by atoms with Gasteiger partial charge in [0, 0.05) is 5.02 Å². The maximum atomic E-state index is 12.3. The number of carbonyl (C=O) groups excluding carboxylic acids is 2. The Kier molecular flexibility index (Phi) is 6.23. The molecule has 2 aromatic rings. The molecule has 0 radical (unpaired) electrons. The number of hydrogen-bond donors (Lipinski definition) is 3. The van der Waals surface area contributed by atoms with Gasteiger partial charge in [-0.2, -0.15) is 5.10 Å². The highest BCUT2D eigenvalue weighted by Crippen LogP contribution is 2.27. The summed E-state index contributed by atoms with van der Waals surface area (Å²) in [5.74, 6) is -0.117. The van der Waals surface area contributed by atoms with Gasteiger partial charge in [0.25, 0.3) is 5.91 Å². The summed E-state index contributed by atoms with van der Waals surface area (Å²) in [5.41, 5.74) is 3.98. The van der Waals surface area contributed by atoms with Crippen LogP contribution in [0.1, 0.15) is 12.0 Å². The zero-order valence-corrected chi connectivity index (χ0v) is 15.7. The Hall–Kier alpha value is -3.39. The van der Waals surface area contributed by atoms with Crippen LogP contribution in [0.4, 0.5) is 5.69 Å². The number of halogens is 1. The molecule has 144 valence electrons. The number of aliphatic imine (C=N–C) groups is 1. The van der Waals surface area contributed by atoms with Crippen molar-refractivity contribution in [1.82, 2.24) is 10.7 Å². The molecule has 1 atom stereocenters. The first kappa shape index (κ1) is 19.4. The van der Waals surface area contributed by atoms with Crippen molar-refractivity contribution in [2.45, 2.75) is 12.5 Å². The van der Waals surface area contributed by atoms with E-state index in [1.54, 1.807) is 24.4 Å². The Morgan fingerprint density at radius 1 is 1.32 bits per heavy atom. The molecule has 0 saturated heterocycles. The highest BCUT2D eigenvalue weighted by Gasteiger charge is 2.28. The third kappa shape index (κ3) is 5.08. The van der Waals surface area contributed by atoms with Gasteiger partial charge in [-0.3, -0.25) is 14.9 Å². The van der Waals surface area contributed by atoms with E-state index in [1.807, 2.05) is 30.3 Å².